The van der Waals surface area contributed by atoms with E-state index in [-0.39, 0.29) is 6.42 Å². The molecule has 92 valence electrons. The number of carboxylic acids is 1. The van der Waals surface area contributed by atoms with Gasteiger partial charge in [-0.2, -0.15) is 0 Å². The molecule has 0 aromatic carbocycles. The predicted molar refractivity (Wildman–Crippen MR) is 58.4 cm³/mol. The number of carboxylic acid groups (broad SMARTS) is 1. The van der Waals surface area contributed by atoms with Crippen LogP contribution in [0.2, 0.25) is 0 Å². The van der Waals surface area contributed by atoms with Gasteiger partial charge in [-0.15, -0.1) is 10.2 Å². The minimum absolute atomic E-state index is 0.0539. The van der Waals surface area contributed by atoms with Gasteiger partial charge in [-0.25, -0.2) is 0 Å². The molecule has 2 saturated carbocycles. The highest BCUT2D eigenvalue weighted by Crippen LogP contribution is 2.52. The summed E-state index contributed by atoms with van der Waals surface area (Å²) in [5.41, 5.74) is 0. The average molecular weight is 236 g/mol. The fourth-order valence-corrected chi connectivity index (χ4v) is 3.28. The Morgan fingerprint density at radius 2 is 2.24 bits per heavy atom. The lowest BCUT2D eigenvalue weighted by atomic mass is 9.89. The standard InChI is InChI=1S/C12H16N2O3/c15-11(16)4-3-10-13-14-12(17-10)9-6-7-1-2-8(9)5-7/h7-9H,1-6H2,(H,15,16). The highest BCUT2D eigenvalue weighted by molar-refractivity contribution is 5.66. The Hall–Kier alpha value is -1.39. The van der Waals surface area contributed by atoms with Crippen molar-refractivity contribution in [3.63, 3.8) is 0 Å². The van der Waals surface area contributed by atoms with E-state index in [2.05, 4.69) is 10.2 Å². The molecule has 2 bridgehead atoms. The summed E-state index contributed by atoms with van der Waals surface area (Å²) in [5, 5.41) is 16.6. The van der Waals surface area contributed by atoms with Crippen LogP contribution in [0.25, 0.3) is 0 Å². The maximum absolute atomic E-state index is 10.4. The van der Waals surface area contributed by atoms with E-state index in [1.54, 1.807) is 0 Å². The van der Waals surface area contributed by atoms with Crippen LogP contribution in [0, 0.1) is 11.8 Å². The van der Waals surface area contributed by atoms with E-state index < -0.39 is 5.97 Å². The van der Waals surface area contributed by atoms with Crippen LogP contribution in [0.15, 0.2) is 4.42 Å². The first kappa shape index (κ1) is 10.7. The first-order valence-electron chi connectivity index (χ1n) is 6.26. The maximum atomic E-state index is 10.4. The molecule has 5 heteroatoms. The molecule has 3 unspecified atom stereocenters. The Morgan fingerprint density at radius 3 is 2.88 bits per heavy atom. The molecule has 1 aromatic rings. The molecule has 5 nitrogen and oxygen atoms in total. The van der Waals surface area contributed by atoms with E-state index in [9.17, 15) is 4.79 Å². The Labute approximate surface area is 99.2 Å². The summed E-state index contributed by atoms with van der Waals surface area (Å²) < 4.78 is 5.59. The molecular weight excluding hydrogens is 220 g/mol. The quantitative estimate of drug-likeness (QED) is 0.865. The van der Waals surface area contributed by atoms with Gasteiger partial charge in [-0.1, -0.05) is 6.42 Å². The highest BCUT2D eigenvalue weighted by Gasteiger charge is 2.42. The number of aromatic nitrogens is 2. The lowest BCUT2D eigenvalue weighted by molar-refractivity contribution is -0.137. The van der Waals surface area contributed by atoms with Gasteiger partial charge in [-0.3, -0.25) is 4.79 Å². The normalized spacial score (nSPS) is 30.9. The second kappa shape index (κ2) is 4.13. The molecule has 0 radical (unpaired) electrons. The smallest absolute Gasteiger partial charge is 0.303 e. The van der Waals surface area contributed by atoms with E-state index >= 15 is 0 Å². The monoisotopic (exact) mass is 236 g/mol. The Balaban J connectivity index is 1.66. The first-order chi connectivity index (χ1) is 8.22. The van der Waals surface area contributed by atoms with E-state index in [0.717, 1.165) is 11.8 Å². The van der Waals surface area contributed by atoms with Crippen LogP contribution in [0.4, 0.5) is 0 Å². The molecule has 3 atom stereocenters. The van der Waals surface area contributed by atoms with Crippen LogP contribution >= 0.6 is 0 Å². The van der Waals surface area contributed by atoms with E-state index in [1.165, 1.54) is 25.7 Å². The molecule has 0 spiro atoms. The number of fused-ring (bicyclic) bond motifs is 2. The van der Waals surface area contributed by atoms with Gasteiger partial charge in [0, 0.05) is 12.3 Å². The molecule has 0 aliphatic heterocycles. The minimum atomic E-state index is -0.829. The van der Waals surface area contributed by atoms with E-state index in [1.807, 2.05) is 0 Å². The van der Waals surface area contributed by atoms with Crippen molar-refractivity contribution in [2.24, 2.45) is 11.8 Å². The molecular formula is C12H16N2O3. The molecule has 17 heavy (non-hydrogen) atoms. The van der Waals surface area contributed by atoms with Gasteiger partial charge < -0.3 is 9.52 Å². The number of rotatable bonds is 4. The summed E-state index contributed by atoms with van der Waals surface area (Å²) in [5.74, 6) is 2.36. The lowest BCUT2D eigenvalue weighted by Crippen LogP contribution is -2.08. The van der Waals surface area contributed by atoms with Crippen molar-refractivity contribution in [2.75, 3.05) is 0 Å². The van der Waals surface area contributed by atoms with Crippen molar-refractivity contribution in [1.82, 2.24) is 10.2 Å². The van der Waals surface area contributed by atoms with Crippen LogP contribution in [0.1, 0.15) is 49.8 Å². The van der Waals surface area contributed by atoms with Crippen LogP contribution in [-0.2, 0) is 11.2 Å². The van der Waals surface area contributed by atoms with Crippen molar-refractivity contribution >= 4 is 5.97 Å². The number of nitrogens with zero attached hydrogens (tertiary/aromatic N) is 2. The molecule has 1 N–H and O–H groups in total. The molecule has 2 fully saturated rings. The van der Waals surface area contributed by atoms with Crippen LogP contribution in [0.5, 0.6) is 0 Å². The fourth-order valence-electron chi connectivity index (χ4n) is 3.28. The van der Waals surface area contributed by atoms with Crippen LogP contribution in [-0.4, -0.2) is 21.3 Å². The van der Waals surface area contributed by atoms with Crippen molar-refractivity contribution in [3.8, 4) is 0 Å². The van der Waals surface area contributed by atoms with Gasteiger partial charge in [0.15, 0.2) is 0 Å². The number of aryl methyl sites for hydroxylation is 1. The van der Waals surface area contributed by atoms with Gasteiger partial charge >= 0.3 is 5.97 Å². The molecule has 1 heterocycles. The number of aliphatic carboxylic acids is 1. The third kappa shape index (κ3) is 2.06. The van der Waals surface area contributed by atoms with E-state index in [0.29, 0.717) is 24.1 Å². The van der Waals surface area contributed by atoms with Gasteiger partial charge in [0.05, 0.1) is 6.42 Å². The SMILES string of the molecule is O=C(O)CCc1nnc(C2CC3CCC2C3)o1. The number of hydrogen-bond donors (Lipinski definition) is 1. The third-order valence-corrected chi connectivity index (χ3v) is 4.09. The van der Waals surface area contributed by atoms with Crippen molar-refractivity contribution in [2.45, 2.75) is 44.4 Å². The zero-order valence-corrected chi connectivity index (χ0v) is 9.63. The zero-order chi connectivity index (χ0) is 11.8. The molecule has 0 saturated heterocycles. The third-order valence-electron chi connectivity index (χ3n) is 4.09. The molecule has 2 aliphatic carbocycles. The summed E-state index contributed by atoms with van der Waals surface area (Å²) in [6, 6.07) is 0. The van der Waals surface area contributed by atoms with Crippen LogP contribution in [0.3, 0.4) is 0 Å². The van der Waals surface area contributed by atoms with Crippen LogP contribution < -0.4 is 0 Å². The molecule has 1 aromatic heterocycles. The lowest BCUT2D eigenvalue weighted by Gasteiger charge is -2.17. The highest BCUT2D eigenvalue weighted by atomic mass is 16.4. The summed E-state index contributed by atoms with van der Waals surface area (Å²) in [6.45, 7) is 0. The van der Waals surface area contributed by atoms with Crippen molar-refractivity contribution in [1.29, 1.82) is 0 Å². The van der Waals surface area contributed by atoms with Crippen molar-refractivity contribution < 1.29 is 14.3 Å². The maximum Gasteiger partial charge on any atom is 0.303 e. The number of hydrogen-bond acceptors (Lipinski definition) is 4. The second-order valence-corrected chi connectivity index (χ2v) is 5.21. The summed E-state index contributed by atoms with van der Waals surface area (Å²) in [6.07, 6.45) is 5.49. The molecule has 0 amide bonds. The Morgan fingerprint density at radius 1 is 1.35 bits per heavy atom. The topological polar surface area (TPSA) is 76.2 Å². The molecule has 2 aliphatic rings. The summed E-state index contributed by atoms with van der Waals surface area (Å²) in [7, 11) is 0. The zero-order valence-electron chi connectivity index (χ0n) is 9.63. The average Bonchev–Trinajstić information content (AvgIpc) is 3.01. The number of carbonyl (C=O) groups is 1. The Bertz CT molecular complexity index is 429. The summed E-state index contributed by atoms with van der Waals surface area (Å²) >= 11 is 0. The first-order valence-corrected chi connectivity index (χ1v) is 6.26. The minimum Gasteiger partial charge on any atom is -0.481 e. The second-order valence-electron chi connectivity index (χ2n) is 5.21. The largest absolute Gasteiger partial charge is 0.481 e. The fraction of sp³-hybridized carbons (Fsp3) is 0.750. The van der Waals surface area contributed by atoms with Gasteiger partial charge in [0.2, 0.25) is 11.8 Å². The van der Waals surface area contributed by atoms with Gasteiger partial charge in [0.1, 0.15) is 0 Å². The summed E-state index contributed by atoms with van der Waals surface area (Å²) in [4.78, 5) is 10.4. The Kier molecular flexibility index (Phi) is 2.61. The molecule has 3 rings (SSSR count). The van der Waals surface area contributed by atoms with Gasteiger partial charge in [0.25, 0.3) is 0 Å². The van der Waals surface area contributed by atoms with E-state index in [4.69, 9.17) is 9.52 Å². The van der Waals surface area contributed by atoms with Crippen molar-refractivity contribution in [3.05, 3.63) is 11.8 Å². The van der Waals surface area contributed by atoms with Gasteiger partial charge in [-0.05, 0) is 31.1 Å². The predicted octanol–water partition coefficient (Wildman–Crippen LogP) is 1.99.